The van der Waals surface area contributed by atoms with Gasteiger partial charge in [-0.15, -0.1) is 24.0 Å². The summed E-state index contributed by atoms with van der Waals surface area (Å²) in [5.41, 5.74) is 1.27. The molecule has 0 radical (unpaired) electrons. The lowest BCUT2D eigenvalue weighted by molar-refractivity contribution is 0.177. The third-order valence-electron chi connectivity index (χ3n) is 4.95. The molecule has 0 amide bonds. The van der Waals surface area contributed by atoms with Crippen LogP contribution in [0.1, 0.15) is 37.5 Å². The Hall–Kier alpha value is -1.88. The van der Waals surface area contributed by atoms with Crippen molar-refractivity contribution < 1.29 is 9.47 Å². The summed E-state index contributed by atoms with van der Waals surface area (Å²) >= 11 is 0. The fourth-order valence-electron chi connectivity index (χ4n) is 3.40. The molecule has 3 rings (SSSR count). The monoisotopic (exact) mass is 542 g/mol. The number of aryl methyl sites for hydroxylation is 1. The molecule has 1 aliphatic rings. The standard InChI is InChI=1S/C22H34N6O2.HI/c1-16(2)14-30-19-8-5-17(6-9-19)11-12-24-22(23-3)25-18-7-10-21-26-20(15-29-4)27-28(21)13-18;/h5-6,8-9,16,18H,7,10-15H2,1-4H3,(H2,23,24,25);1H. The Morgan fingerprint density at radius 1 is 1.29 bits per heavy atom. The fourth-order valence-corrected chi connectivity index (χ4v) is 3.40. The van der Waals surface area contributed by atoms with Gasteiger partial charge in [-0.1, -0.05) is 26.0 Å². The predicted octanol–water partition coefficient (Wildman–Crippen LogP) is 2.80. The molecule has 0 aliphatic carbocycles. The minimum Gasteiger partial charge on any atom is -0.493 e. The van der Waals surface area contributed by atoms with Crippen LogP contribution in [0.25, 0.3) is 0 Å². The number of fused-ring (bicyclic) bond motifs is 1. The van der Waals surface area contributed by atoms with Crippen LogP contribution < -0.4 is 15.4 Å². The van der Waals surface area contributed by atoms with Gasteiger partial charge in [-0.05, 0) is 36.5 Å². The maximum Gasteiger partial charge on any atom is 0.191 e. The molecule has 1 unspecified atom stereocenters. The highest BCUT2D eigenvalue weighted by Gasteiger charge is 2.22. The van der Waals surface area contributed by atoms with Crippen molar-refractivity contribution in [1.29, 1.82) is 0 Å². The van der Waals surface area contributed by atoms with Crippen molar-refractivity contribution in [2.45, 2.75) is 52.3 Å². The predicted molar refractivity (Wildman–Crippen MR) is 133 cm³/mol. The summed E-state index contributed by atoms with van der Waals surface area (Å²) in [6.07, 6.45) is 2.82. The number of aliphatic imine (C=N–C) groups is 1. The summed E-state index contributed by atoms with van der Waals surface area (Å²) in [6.45, 7) is 7.09. The quantitative estimate of drug-likeness (QED) is 0.288. The van der Waals surface area contributed by atoms with E-state index >= 15 is 0 Å². The van der Waals surface area contributed by atoms with Crippen LogP contribution >= 0.6 is 24.0 Å². The number of nitrogens with one attached hydrogen (secondary N) is 2. The van der Waals surface area contributed by atoms with Crippen molar-refractivity contribution in [3.8, 4) is 5.75 Å². The fraction of sp³-hybridized carbons (Fsp3) is 0.591. The Balaban J connectivity index is 0.00000341. The van der Waals surface area contributed by atoms with Crippen molar-refractivity contribution in [3.05, 3.63) is 41.5 Å². The normalized spacial score (nSPS) is 15.9. The first kappa shape index (κ1) is 25.4. The van der Waals surface area contributed by atoms with Gasteiger partial charge in [0.25, 0.3) is 0 Å². The van der Waals surface area contributed by atoms with Crippen molar-refractivity contribution in [3.63, 3.8) is 0 Å². The zero-order valence-corrected chi connectivity index (χ0v) is 21.3. The number of methoxy groups -OCH3 is 1. The molecule has 172 valence electrons. The van der Waals surface area contributed by atoms with Gasteiger partial charge in [0.15, 0.2) is 11.8 Å². The van der Waals surface area contributed by atoms with Crippen LogP contribution in [0, 0.1) is 5.92 Å². The highest BCUT2D eigenvalue weighted by Crippen LogP contribution is 2.14. The molecule has 0 saturated heterocycles. The van der Waals surface area contributed by atoms with Crippen molar-refractivity contribution in [2.75, 3.05) is 27.3 Å². The molecule has 0 spiro atoms. The average Bonchev–Trinajstić information content (AvgIpc) is 3.14. The molecular formula is C22H35IN6O2. The van der Waals surface area contributed by atoms with Crippen LogP contribution in [-0.4, -0.2) is 54.1 Å². The molecule has 8 nitrogen and oxygen atoms in total. The van der Waals surface area contributed by atoms with E-state index in [4.69, 9.17) is 9.47 Å². The number of halogens is 1. The SMILES string of the molecule is CN=C(NCCc1ccc(OCC(C)C)cc1)NC1CCc2nc(COC)nn2C1.I. The van der Waals surface area contributed by atoms with Gasteiger partial charge < -0.3 is 20.1 Å². The molecule has 1 atom stereocenters. The number of hydrogen-bond donors (Lipinski definition) is 2. The lowest BCUT2D eigenvalue weighted by Gasteiger charge is -2.25. The summed E-state index contributed by atoms with van der Waals surface area (Å²) < 4.78 is 12.9. The van der Waals surface area contributed by atoms with Crippen molar-refractivity contribution >= 4 is 29.9 Å². The van der Waals surface area contributed by atoms with E-state index in [1.807, 2.05) is 16.8 Å². The molecule has 0 bridgehead atoms. The van der Waals surface area contributed by atoms with Gasteiger partial charge in [-0.3, -0.25) is 4.99 Å². The van der Waals surface area contributed by atoms with E-state index in [2.05, 4.69) is 51.7 Å². The third kappa shape index (κ3) is 7.95. The first-order chi connectivity index (χ1) is 14.6. The first-order valence-corrected chi connectivity index (χ1v) is 10.7. The van der Waals surface area contributed by atoms with Gasteiger partial charge in [0, 0.05) is 33.2 Å². The largest absolute Gasteiger partial charge is 0.493 e. The Bertz CT molecular complexity index is 822. The van der Waals surface area contributed by atoms with Gasteiger partial charge in [-0.2, -0.15) is 5.10 Å². The number of rotatable bonds is 9. The van der Waals surface area contributed by atoms with Crippen molar-refractivity contribution in [2.24, 2.45) is 10.9 Å². The number of ether oxygens (including phenoxy) is 2. The minimum absolute atomic E-state index is 0. The maximum atomic E-state index is 5.74. The van der Waals surface area contributed by atoms with Crippen LogP contribution in [0.15, 0.2) is 29.3 Å². The van der Waals surface area contributed by atoms with E-state index in [0.29, 0.717) is 12.5 Å². The Labute approximate surface area is 202 Å². The topological polar surface area (TPSA) is 85.6 Å². The number of nitrogens with zero attached hydrogens (tertiary/aromatic N) is 4. The highest BCUT2D eigenvalue weighted by molar-refractivity contribution is 14.0. The summed E-state index contributed by atoms with van der Waals surface area (Å²) in [7, 11) is 3.46. The zero-order chi connectivity index (χ0) is 21.3. The molecule has 1 aromatic carbocycles. The summed E-state index contributed by atoms with van der Waals surface area (Å²) in [5, 5.41) is 11.4. The average molecular weight is 542 g/mol. The minimum atomic E-state index is 0. The summed E-state index contributed by atoms with van der Waals surface area (Å²) in [6, 6.07) is 8.61. The maximum absolute atomic E-state index is 5.74. The van der Waals surface area contributed by atoms with E-state index in [9.17, 15) is 0 Å². The number of hydrogen-bond acceptors (Lipinski definition) is 5. The molecule has 1 aromatic heterocycles. The lowest BCUT2D eigenvalue weighted by Crippen LogP contribution is -2.47. The molecule has 0 fully saturated rings. The van der Waals surface area contributed by atoms with E-state index < -0.39 is 0 Å². The molecule has 0 saturated carbocycles. The van der Waals surface area contributed by atoms with Gasteiger partial charge in [0.2, 0.25) is 0 Å². The van der Waals surface area contributed by atoms with E-state index in [1.165, 1.54) is 5.56 Å². The lowest BCUT2D eigenvalue weighted by atomic mass is 10.1. The van der Waals surface area contributed by atoms with Gasteiger partial charge in [-0.25, -0.2) is 9.67 Å². The second-order valence-electron chi connectivity index (χ2n) is 8.04. The number of benzene rings is 1. The zero-order valence-electron chi connectivity index (χ0n) is 18.9. The van der Waals surface area contributed by atoms with E-state index in [0.717, 1.165) is 62.3 Å². The van der Waals surface area contributed by atoms with Crippen LogP contribution in [0.3, 0.4) is 0 Å². The molecule has 2 heterocycles. The Morgan fingerprint density at radius 3 is 2.74 bits per heavy atom. The van der Waals surface area contributed by atoms with Crippen LogP contribution in [0.4, 0.5) is 0 Å². The first-order valence-electron chi connectivity index (χ1n) is 10.7. The van der Waals surface area contributed by atoms with E-state index in [-0.39, 0.29) is 30.0 Å². The molecule has 1 aliphatic heterocycles. The number of aromatic nitrogens is 3. The van der Waals surface area contributed by atoms with E-state index in [1.54, 1.807) is 14.2 Å². The number of guanidine groups is 1. The molecule has 2 aromatic rings. The van der Waals surface area contributed by atoms with Crippen molar-refractivity contribution in [1.82, 2.24) is 25.4 Å². The van der Waals surface area contributed by atoms with Gasteiger partial charge in [0.05, 0.1) is 13.2 Å². The third-order valence-corrected chi connectivity index (χ3v) is 4.95. The van der Waals surface area contributed by atoms with Gasteiger partial charge >= 0.3 is 0 Å². The second-order valence-corrected chi connectivity index (χ2v) is 8.04. The molecular weight excluding hydrogens is 507 g/mol. The molecule has 2 N–H and O–H groups in total. The van der Waals surface area contributed by atoms with Crippen LogP contribution in [0.2, 0.25) is 0 Å². The van der Waals surface area contributed by atoms with Gasteiger partial charge in [0.1, 0.15) is 18.2 Å². The summed E-state index contributed by atoms with van der Waals surface area (Å²) in [4.78, 5) is 8.90. The summed E-state index contributed by atoms with van der Waals surface area (Å²) in [5.74, 6) is 4.05. The van der Waals surface area contributed by atoms with Crippen LogP contribution in [-0.2, 0) is 30.7 Å². The highest BCUT2D eigenvalue weighted by atomic mass is 127. The smallest absolute Gasteiger partial charge is 0.191 e. The second kappa shape index (κ2) is 12.8. The Morgan fingerprint density at radius 2 is 2.06 bits per heavy atom. The van der Waals surface area contributed by atoms with Crippen LogP contribution in [0.5, 0.6) is 5.75 Å². The Kier molecular flexibility index (Phi) is 10.5. The molecule has 31 heavy (non-hydrogen) atoms. The molecule has 9 heteroatoms.